The maximum atomic E-state index is 10.8. The second-order valence-electron chi connectivity index (χ2n) is 5.61. The zero-order valence-electron chi connectivity index (χ0n) is 12.1. The second kappa shape index (κ2) is 5.17. The zero-order chi connectivity index (χ0) is 16.0. The van der Waals surface area contributed by atoms with Gasteiger partial charge in [0, 0.05) is 23.4 Å². The van der Waals surface area contributed by atoms with Gasteiger partial charge in [-0.05, 0) is 47.5 Å². The number of nitrogens with one attached hydrogen (secondary N) is 2. The van der Waals surface area contributed by atoms with E-state index < -0.39 is 0 Å². The molecular formula is C17H13N3O2S. The third-order valence-corrected chi connectivity index (χ3v) is 4.51. The first-order valence-corrected chi connectivity index (χ1v) is 7.67. The van der Waals surface area contributed by atoms with E-state index in [1.165, 1.54) is 28.8 Å². The van der Waals surface area contributed by atoms with E-state index in [1.807, 2.05) is 12.1 Å². The average molecular weight is 323 g/mol. The van der Waals surface area contributed by atoms with Crippen LogP contribution in [0.25, 0.3) is 5.70 Å². The summed E-state index contributed by atoms with van der Waals surface area (Å²) < 4.78 is 0. The number of fused-ring (bicyclic) bond motifs is 2. The summed E-state index contributed by atoms with van der Waals surface area (Å²) >= 11 is 5.34. The summed E-state index contributed by atoms with van der Waals surface area (Å²) in [6.07, 6.45) is 0.843. The van der Waals surface area contributed by atoms with E-state index >= 15 is 0 Å². The smallest absolute Gasteiger partial charge is 0.269 e. The van der Waals surface area contributed by atoms with Gasteiger partial charge in [0.25, 0.3) is 5.69 Å². The van der Waals surface area contributed by atoms with Crippen LogP contribution in [0.15, 0.2) is 54.1 Å². The summed E-state index contributed by atoms with van der Waals surface area (Å²) in [6, 6.07) is 14.8. The fraction of sp³-hybridized carbons (Fsp3) is 0.118. The number of benzene rings is 2. The Balaban J connectivity index is 1.76. The van der Waals surface area contributed by atoms with Crippen LogP contribution in [-0.4, -0.2) is 10.0 Å². The molecule has 0 radical (unpaired) electrons. The lowest BCUT2D eigenvalue weighted by Crippen LogP contribution is -2.42. The highest BCUT2D eigenvalue weighted by molar-refractivity contribution is 7.80. The molecule has 2 aromatic carbocycles. The van der Waals surface area contributed by atoms with Crippen LogP contribution in [0.2, 0.25) is 0 Å². The van der Waals surface area contributed by atoms with E-state index in [0.29, 0.717) is 5.11 Å². The van der Waals surface area contributed by atoms with E-state index in [-0.39, 0.29) is 16.7 Å². The van der Waals surface area contributed by atoms with Crippen LogP contribution in [0.3, 0.4) is 0 Å². The first-order valence-electron chi connectivity index (χ1n) is 7.26. The Morgan fingerprint density at radius 3 is 2.61 bits per heavy atom. The minimum absolute atomic E-state index is 0.0630. The van der Waals surface area contributed by atoms with Crippen LogP contribution in [0.4, 0.5) is 5.69 Å². The predicted octanol–water partition coefficient (Wildman–Crippen LogP) is 3.08. The molecule has 4 rings (SSSR count). The summed E-state index contributed by atoms with van der Waals surface area (Å²) in [5, 5.41) is 17.9. The van der Waals surface area contributed by atoms with Crippen molar-refractivity contribution in [2.45, 2.75) is 12.5 Å². The number of nitro benzene ring substituents is 1. The molecule has 0 amide bonds. The van der Waals surface area contributed by atoms with Crippen molar-refractivity contribution in [2.24, 2.45) is 0 Å². The normalized spacial score (nSPS) is 18.8. The molecule has 0 aromatic heterocycles. The molecule has 2 aliphatic rings. The number of thiocarbonyl (C=S) groups is 1. The molecule has 1 aliphatic carbocycles. The largest absolute Gasteiger partial charge is 0.352 e. The number of non-ortho nitro benzene ring substituents is 1. The Morgan fingerprint density at radius 2 is 1.87 bits per heavy atom. The molecule has 1 atom stereocenters. The molecule has 114 valence electrons. The minimum Gasteiger partial charge on any atom is -0.352 e. The van der Waals surface area contributed by atoms with Gasteiger partial charge in [-0.1, -0.05) is 24.3 Å². The summed E-state index contributed by atoms with van der Waals surface area (Å²) in [5.41, 5.74) is 5.79. The van der Waals surface area contributed by atoms with Gasteiger partial charge in [0.1, 0.15) is 0 Å². The fourth-order valence-corrected chi connectivity index (χ4v) is 3.44. The first kappa shape index (κ1) is 13.9. The van der Waals surface area contributed by atoms with E-state index in [2.05, 4.69) is 22.8 Å². The zero-order valence-corrected chi connectivity index (χ0v) is 12.9. The quantitative estimate of drug-likeness (QED) is 0.505. The molecule has 0 bridgehead atoms. The van der Waals surface area contributed by atoms with E-state index in [1.54, 1.807) is 12.1 Å². The number of rotatable bonds is 2. The van der Waals surface area contributed by atoms with Crippen molar-refractivity contribution in [3.63, 3.8) is 0 Å². The molecule has 2 aromatic rings. The van der Waals surface area contributed by atoms with Crippen LogP contribution in [0.1, 0.15) is 22.7 Å². The van der Waals surface area contributed by atoms with Gasteiger partial charge in [-0.2, -0.15) is 0 Å². The van der Waals surface area contributed by atoms with Crippen LogP contribution < -0.4 is 10.6 Å². The van der Waals surface area contributed by atoms with Crippen molar-refractivity contribution in [1.82, 2.24) is 10.6 Å². The Morgan fingerprint density at radius 1 is 1.13 bits per heavy atom. The molecule has 1 unspecified atom stereocenters. The predicted molar refractivity (Wildman–Crippen MR) is 91.8 cm³/mol. The molecule has 1 aliphatic heterocycles. The molecule has 0 spiro atoms. The summed E-state index contributed by atoms with van der Waals surface area (Å²) in [6.45, 7) is 0. The Labute approximate surface area is 138 Å². The van der Waals surface area contributed by atoms with Gasteiger partial charge >= 0.3 is 0 Å². The monoisotopic (exact) mass is 323 g/mol. The molecule has 0 fully saturated rings. The molecule has 5 nitrogen and oxygen atoms in total. The van der Waals surface area contributed by atoms with E-state index in [4.69, 9.17) is 12.2 Å². The third kappa shape index (κ3) is 2.27. The van der Waals surface area contributed by atoms with Gasteiger partial charge in [0.2, 0.25) is 0 Å². The lowest BCUT2D eigenvalue weighted by atomic mass is 9.95. The van der Waals surface area contributed by atoms with Crippen LogP contribution in [0.5, 0.6) is 0 Å². The Hall–Kier alpha value is -2.73. The second-order valence-corrected chi connectivity index (χ2v) is 6.02. The van der Waals surface area contributed by atoms with Gasteiger partial charge in [0.05, 0.1) is 11.0 Å². The average Bonchev–Trinajstić information content (AvgIpc) is 2.93. The highest BCUT2D eigenvalue weighted by Crippen LogP contribution is 2.40. The van der Waals surface area contributed by atoms with Gasteiger partial charge in [-0.3, -0.25) is 10.1 Å². The van der Waals surface area contributed by atoms with Gasteiger partial charge in [-0.15, -0.1) is 0 Å². The lowest BCUT2D eigenvalue weighted by molar-refractivity contribution is -0.384. The van der Waals surface area contributed by atoms with E-state index in [0.717, 1.165) is 17.7 Å². The highest BCUT2D eigenvalue weighted by atomic mass is 32.1. The molecule has 1 heterocycles. The number of nitrogens with zero attached hydrogens (tertiary/aromatic N) is 1. The molecule has 2 N–H and O–H groups in total. The van der Waals surface area contributed by atoms with Gasteiger partial charge in [-0.25, -0.2) is 0 Å². The molecule has 6 heteroatoms. The van der Waals surface area contributed by atoms with Crippen LogP contribution in [-0.2, 0) is 6.42 Å². The number of nitro groups is 1. The van der Waals surface area contributed by atoms with Crippen molar-refractivity contribution >= 4 is 28.7 Å². The van der Waals surface area contributed by atoms with Crippen molar-refractivity contribution < 1.29 is 4.92 Å². The molecule has 0 saturated heterocycles. The maximum absolute atomic E-state index is 10.8. The van der Waals surface area contributed by atoms with Gasteiger partial charge < -0.3 is 10.6 Å². The molecular weight excluding hydrogens is 310 g/mol. The topological polar surface area (TPSA) is 67.2 Å². The maximum Gasteiger partial charge on any atom is 0.269 e. The van der Waals surface area contributed by atoms with Crippen molar-refractivity contribution in [3.8, 4) is 0 Å². The summed E-state index contributed by atoms with van der Waals surface area (Å²) in [5.74, 6) is 0. The van der Waals surface area contributed by atoms with Crippen LogP contribution in [0, 0.1) is 10.1 Å². The number of hydrogen-bond acceptors (Lipinski definition) is 3. The van der Waals surface area contributed by atoms with Crippen molar-refractivity contribution in [2.75, 3.05) is 0 Å². The minimum atomic E-state index is -0.389. The van der Waals surface area contributed by atoms with Crippen molar-refractivity contribution in [1.29, 1.82) is 0 Å². The Kier molecular flexibility index (Phi) is 3.12. The standard InChI is InChI=1S/C17H13N3O2S/c21-20(22)12-7-5-10(6-8-12)15-14-9-11-3-1-2-4-13(11)16(14)19-17(23)18-15/h1-8,15H,9H2,(H2,18,19,23). The molecule has 0 saturated carbocycles. The molecule has 23 heavy (non-hydrogen) atoms. The third-order valence-electron chi connectivity index (χ3n) is 4.29. The number of hydrogen-bond donors (Lipinski definition) is 2. The van der Waals surface area contributed by atoms with Crippen molar-refractivity contribution in [3.05, 3.63) is 80.9 Å². The fourth-order valence-electron chi connectivity index (χ4n) is 3.22. The first-order chi connectivity index (χ1) is 11.1. The highest BCUT2D eigenvalue weighted by Gasteiger charge is 2.32. The summed E-state index contributed by atoms with van der Waals surface area (Å²) in [7, 11) is 0. The SMILES string of the molecule is O=[N+]([O-])c1ccc(C2NC(=S)NC3=C2Cc2ccccc23)cc1. The lowest BCUT2D eigenvalue weighted by Gasteiger charge is -2.29. The Bertz CT molecular complexity index is 858. The van der Waals surface area contributed by atoms with Gasteiger partial charge in [0.15, 0.2) is 5.11 Å². The van der Waals surface area contributed by atoms with Crippen LogP contribution >= 0.6 is 12.2 Å². The van der Waals surface area contributed by atoms with E-state index in [9.17, 15) is 10.1 Å². The summed E-state index contributed by atoms with van der Waals surface area (Å²) in [4.78, 5) is 10.4.